The van der Waals surface area contributed by atoms with Crippen molar-refractivity contribution in [1.82, 2.24) is 0 Å². The summed E-state index contributed by atoms with van der Waals surface area (Å²) < 4.78 is 17.3. The normalized spacial score (nSPS) is 10.8. The highest BCUT2D eigenvalue weighted by Gasteiger charge is 2.13. The molecular weight excluding hydrogens is 312 g/mol. The molecule has 5 heteroatoms. The number of benzene rings is 1. The van der Waals surface area contributed by atoms with Crippen LogP contribution in [-0.4, -0.2) is 32.4 Å². The molecule has 0 N–H and O–H groups in total. The number of carbonyl (C=O) groups excluding carboxylic acids is 1. The second-order valence-corrected chi connectivity index (χ2v) is 4.83. The Hall–Kier alpha value is -0.910. The van der Waals surface area contributed by atoms with Crippen LogP contribution in [0.2, 0.25) is 0 Å². The topological polar surface area (TPSA) is 44.8 Å². The summed E-state index contributed by atoms with van der Waals surface area (Å²) in [7, 11) is 0. The predicted octanol–water partition coefficient (Wildman–Crippen LogP) is 3.35. The fourth-order valence-corrected chi connectivity index (χ4v) is 2.30. The molecule has 0 atom stereocenters. The number of aldehydes is 1. The fraction of sp³-hybridized carbons (Fsp3) is 0.500. The summed E-state index contributed by atoms with van der Waals surface area (Å²) in [6, 6.07) is 3.63. The third-order valence-electron chi connectivity index (χ3n) is 2.46. The number of hydrogen-bond acceptors (Lipinski definition) is 4. The fourth-order valence-electron chi connectivity index (χ4n) is 1.71. The maximum absolute atomic E-state index is 11.1. The lowest BCUT2D eigenvalue weighted by atomic mass is 10.1. The highest BCUT2D eigenvalue weighted by Crippen LogP contribution is 2.27. The van der Waals surface area contributed by atoms with Crippen LogP contribution in [0.25, 0.3) is 0 Å². The maximum atomic E-state index is 11.1. The monoisotopic (exact) mass is 330 g/mol. The molecule has 0 aliphatic rings. The van der Waals surface area contributed by atoms with E-state index in [0.29, 0.717) is 24.5 Å². The molecule has 0 unspecified atom stereocenters. The first kappa shape index (κ1) is 16.1. The molecule has 4 nitrogen and oxygen atoms in total. The van der Waals surface area contributed by atoms with E-state index in [1.807, 2.05) is 26.8 Å². The molecule has 0 aromatic heterocycles. The van der Waals surface area contributed by atoms with Crippen molar-refractivity contribution in [3.8, 4) is 5.75 Å². The third-order valence-corrected chi connectivity index (χ3v) is 2.92. The number of hydrogen-bond donors (Lipinski definition) is 0. The lowest BCUT2D eigenvalue weighted by Gasteiger charge is -2.19. The van der Waals surface area contributed by atoms with Crippen molar-refractivity contribution < 1.29 is 19.0 Å². The minimum Gasteiger partial charge on any atom is -0.487 e. The average molecular weight is 331 g/mol. The molecule has 0 aliphatic carbocycles. The van der Waals surface area contributed by atoms with Crippen LogP contribution < -0.4 is 4.74 Å². The van der Waals surface area contributed by atoms with Gasteiger partial charge in [-0.3, -0.25) is 4.79 Å². The van der Waals surface area contributed by atoms with Gasteiger partial charge in [0.05, 0.1) is 5.56 Å². The first-order valence-electron chi connectivity index (χ1n) is 6.23. The van der Waals surface area contributed by atoms with Crippen LogP contribution in [0, 0.1) is 6.92 Å². The predicted molar refractivity (Wildman–Crippen MR) is 76.8 cm³/mol. The second kappa shape index (κ2) is 8.30. The molecule has 0 aliphatic heterocycles. The van der Waals surface area contributed by atoms with Gasteiger partial charge in [0.1, 0.15) is 12.4 Å². The van der Waals surface area contributed by atoms with Gasteiger partial charge in [-0.15, -0.1) is 0 Å². The van der Waals surface area contributed by atoms with Gasteiger partial charge in [0.15, 0.2) is 12.6 Å². The molecular formula is C14H19BrO4. The minimum absolute atomic E-state index is 0.255. The largest absolute Gasteiger partial charge is 0.487 e. The van der Waals surface area contributed by atoms with E-state index in [9.17, 15) is 4.79 Å². The van der Waals surface area contributed by atoms with E-state index in [0.717, 1.165) is 16.3 Å². The van der Waals surface area contributed by atoms with Crippen molar-refractivity contribution in [3.05, 3.63) is 27.7 Å². The minimum atomic E-state index is -0.419. The zero-order valence-corrected chi connectivity index (χ0v) is 13.0. The summed E-state index contributed by atoms with van der Waals surface area (Å²) in [5.41, 5.74) is 1.40. The van der Waals surface area contributed by atoms with Crippen LogP contribution in [0.1, 0.15) is 29.8 Å². The summed E-state index contributed by atoms with van der Waals surface area (Å²) in [6.07, 6.45) is 0.362. The summed E-state index contributed by atoms with van der Waals surface area (Å²) in [5, 5.41) is 0. The van der Waals surface area contributed by atoms with Crippen LogP contribution in [0.15, 0.2) is 16.6 Å². The van der Waals surface area contributed by atoms with Crippen LogP contribution in [0.5, 0.6) is 5.75 Å². The van der Waals surface area contributed by atoms with Gasteiger partial charge in [0.2, 0.25) is 0 Å². The number of aryl methyl sites for hydroxylation is 1. The number of halogens is 1. The highest BCUT2D eigenvalue weighted by atomic mass is 79.9. The smallest absolute Gasteiger partial charge is 0.191 e. The molecule has 1 aromatic carbocycles. The molecule has 1 rings (SSSR count). The van der Waals surface area contributed by atoms with Gasteiger partial charge >= 0.3 is 0 Å². The van der Waals surface area contributed by atoms with Crippen molar-refractivity contribution in [2.24, 2.45) is 0 Å². The Morgan fingerprint density at radius 1 is 1.26 bits per heavy atom. The van der Waals surface area contributed by atoms with E-state index < -0.39 is 6.29 Å². The molecule has 1 aromatic rings. The van der Waals surface area contributed by atoms with E-state index in [1.165, 1.54) is 0 Å². The maximum Gasteiger partial charge on any atom is 0.191 e. The summed E-state index contributed by atoms with van der Waals surface area (Å²) in [6.45, 7) is 7.04. The van der Waals surface area contributed by atoms with E-state index >= 15 is 0 Å². The van der Waals surface area contributed by atoms with Crippen LogP contribution in [0.4, 0.5) is 0 Å². The number of carbonyl (C=O) groups is 1. The average Bonchev–Trinajstić information content (AvgIpc) is 2.37. The SMILES string of the molecule is CCOC(COc1c(C)cc(Br)cc1C=O)OCC. The van der Waals surface area contributed by atoms with Crippen LogP contribution in [0.3, 0.4) is 0 Å². The van der Waals surface area contributed by atoms with Gasteiger partial charge in [-0.05, 0) is 38.5 Å². The molecule has 0 fully saturated rings. The van der Waals surface area contributed by atoms with Gasteiger partial charge in [-0.2, -0.15) is 0 Å². The summed E-state index contributed by atoms with van der Waals surface area (Å²) in [4.78, 5) is 11.1. The number of ether oxygens (including phenoxy) is 3. The standard InChI is InChI=1S/C14H19BrO4/c1-4-17-13(18-5-2)9-19-14-10(3)6-12(15)7-11(14)8-16/h6-8,13H,4-5,9H2,1-3H3. The lowest BCUT2D eigenvalue weighted by Crippen LogP contribution is -2.25. The van der Waals surface area contributed by atoms with Gasteiger partial charge in [-0.25, -0.2) is 0 Å². The van der Waals surface area contributed by atoms with Crippen LogP contribution >= 0.6 is 15.9 Å². The number of rotatable bonds is 8. The van der Waals surface area contributed by atoms with Crippen molar-refractivity contribution in [2.75, 3.05) is 19.8 Å². The van der Waals surface area contributed by atoms with Gasteiger partial charge < -0.3 is 14.2 Å². The van der Waals surface area contributed by atoms with E-state index in [2.05, 4.69) is 15.9 Å². The first-order valence-corrected chi connectivity index (χ1v) is 7.03. The van der Waals surface area contributed by atoms with Crippen molar-refractivity contribution in [1.29, 1.82) is 0 Å². The van der Waals surface area contributed by atoms with E-state index in [1.54, 1.807) is 6.07 Å². The van der Waals surface area contributed by atoms with E-state index in [4.69, 9.17) is 14.2 Å². The molecule has 0 spiro atoms. The third kappa shape index (κ3) is 4.93. The molecule has 0 saturated heterocycles. The molecule has 106 valence electrons. The highest BCUT2D eigenvalue weighted by molar-refractivity contribution is 9.10. The molecule has 0 saturated carbocycles. The van der Waals surface area contributed by atoms with Gasteiger partial charge in [-0.1, -0.05) is 15.9 Å². The van der Waals surface area contributed by atoms with E-state index in [-0.39, 0.29) is 6.61 Å². The Balaban J connectivity index is 2.78. The Labute approximate surface area is 122 Å². The van der Waals surface area contributed by atoms with Crippen LogP contribution in [-0.2, 0) is 9.47 Å². The van der Waals surface area contributed by atoms with Gasteiger partial charge in [0.25, 0.3) is 0 Å². The molecule has 0 radical (unpaired) electrons. The Bertz CT molecular complexity index is 414. The van der Waals surface area contributed by atoms with Crippen molar-refractivity contribution in [3.63, 3.8) is 0 Å². The Morgan fingerprint density at radius 2 is 1.89 bits per heavy atom. The zero-order valence-electron chi connectivity index (χ0n) is 11.4. The molecule has 0 amide bonds. The van der Waals surface area contributed by atoms with Crippen molar-refractivity contribution >= 4 is 22.2 Å². The zero-order chi connectivity index (χ0) is 14.3. The molecule has 0 heterocycles. The Morgan fingerprint density at radius 3 is 2.42 bits per heavy atom. The Kier molecular flexibility index (Phi) is 7.05. The quantitative estimate of drug-likeness (QED) is 0.541. The van der Waals surface area contributed by atoms with Gasteiger partial charge in [0, 0.05) is 17.7 Å². The summed E-state index contributed by atoms with van der Waals surface area (Å²) >= 11 is 3.35. The first-order chi connectivity index (χ1) is 9.12. The second-order valence-electron chi connectivity index (χ2n) is 3.91. The molecule has 0 bridgehead atoms. The summed E-state index contributed by atoms with van der Waals surface area (Å²) in [5.74, 6) is 0.572. The molecule has 19 heavy (non-hydrogen) atoms. The lowest BCUT2D eigenvalue weighted by molar-refractivity contribution is -0.152. The van der Waals surface area contributed by atoms with Crippen molar-refractivity contribution in [2.45, 2.75) is 27.1 Å².